The van der Waals surface area contributed by atoms with Gasteiger partial charge < -0.3 is 4.90 Å². The first-order chi connectivity index (χ1) is 8.61. The van der Waals surface area contributed by atoms with Crippen molar-refractivity contribution in [2.45, 2.75) is 6.92 Å². The van der Waals surface area contributed by atoms with E-state index >= 15 is 0 Å². The van der Waals surface area contributed by atoms with E-state index in [1.807, 2.05) is 6.07 Å². The van der Waals surface area contributed by atoms with Gasteiger partial charge in [-0.05, 0) is 30.7 Å². The molecule has 1 aromatic heterocycles. The molecule has 2 aromatic rings. The number of nitrogens with zero attached hydrogens (tertiary/aromatic N) is 4. The summed E-state index contributed by atoms with van der Waals surface area (Å²) in [6.45, 7) is 1.70. The molecule has 2 rings (SSSR count). The molecule has 0 saturated heterocycles. The lowest BCUT2D eigenvalue weighted by Gasteiger charge is -2.18. The second kappa shape index (κ2) is 4.80. The lowest BCUT2D eigenvalue weighted by molar-refractivity contribution is 0.618. The minimum atomic E-state index is -0.243. The van der Waals surface area contributed by atoms with Crippen LogP contribution in [0.1, 0.15) is 11.3 Å². The molecule has 1 aromatic carbocycles. The van der Waals surface area contributed by atoms with Gasteiger partial charge in [0.2, 0.25) is 0 Å². The fourth-order valence-corrected chi connectivity index (χ4v) is 1.56. The molecule has 0 bridgehead atoms. The topological polar surface area (TPSA) is 52.8 Å². The van der Waals surface area contributed by atoms with Crippen LogP contribution in [0.3, 0.4) is 0 Å². The predicted molar refractivity (Wildman–Crippen MR) is 65.9 cm³/mol. The summed E-state index contributed by atoms with van der Waals surface area (Å²) in [6.07, 6.45) is 1.33. The summed E-state index contributed by atoms with van der Waals surface area (Å²) in [5.74, 6) is 0.347. The Balaban J connectivity index is 2.38. The number of nitriles is 1. The molecule has 0 atom stereocenters. The first-order valence-electron chi connectivity index (χ1n) is 5.34. The zero-order valence-electron chi connectivity index (χ0n) is 10.1. The van der Waals surface area contributed by atoms with Crippen molar-refractivity contribution in [1.82, 2.24) is 9.97 Å². The van der Waals surface area contributed by atoms with Gasteiger partial charge in [0.15, 0.2) is 0 Å². The van der Waals surface area contributed by atoms with Crippen molar-refractivity contribution in [3.05, 3.63) is 47.7 Å². The number of rotatable bonds is 2. The molecule has 0 aliphatic rings. The summed E-state index contributed by atoms with van der Waals surface area (Å²) in [5.41, 5.74) is 1.66. The Morgan fingerprint density at radius 3 is 2.72 bits per heavy atom. The third-order valence-electron chi connectivity index (χ3n) is 2.64. The molecular formula is C13H11FN4. The number of aromatic nitrogens is 2. The molecule has 0 N–H and O–H groups in total. The summed E-state index contributed by atoms with van der Waals surface area (Å²) in [7, 11) is 1.80. The number of hydrogen-bond donors (Lipinski definition) is 0. The van der Waals surface area contributed by atoms with Crippen LogP contribution in [0.25, 0.3) is 0 Å². The molecule has 18 heavy (non-hydrogen) atoms. The number of anilines is 2. The van der Waals surface area contributed by atoms with Crippen molar-refractivity contribution in [1.29, 1.82) is 5.26 Å². The summed E-state index contributed by atoms with van der Waals surface area (Å²) in [5, 5.41) is 8.79. The van der Waals surface area contributed by atoms with Gasteiger partial charge in [-0.3, -0.25) is 0 Å². The second-order valence-corrected chi connectivity index (χ2v) is 3.87. The lowest BCUT2D eigenvalue weighted by atomic mass is 10.2. The van der Waals surface area contributed by atoms with Crippen LogP contribution in [-0.2, 0) is 0 Å². The van der Waals surface area contributed by atoms with E-state index in [0.29, 0.717) is 17.1 Å². The van der Waals surface area contributed by atoms with Crippen molar-refractivity contribution in [2.75, 3.05) is 11.9 Å². The smallest absolute Gasteiger partial charge is 0.145 e. The highest BCUT2D eigenvalue weighted by atomic mass is 19.1. The van der Waals surface area contributed by atoms with Gasteiger partial charge in [0.25, 0.3) is 0 Å². The number of hydrogen-bond acceptors (Lipinski definition) is 4. The summed E-state index contributed by atoms with van der Waals surface area (Å²) >= 11 is 0. The van der Waals surface area contributed by atoms with Gasteiger partial charge in [0.05, 0.1) is 0 Å². The van der Waals surface area contributed by atoms with Crippen LogP contribution in [0.4, 0.5) is 15.9 Å². The Hall–Kier alpha value is -2.48. The fraction of sp³-hybridized carbons (Fsp3) is 0.154. The maximum Gasteiger partial charge on any atom is 0.145 e. The fourth-order valence-electron chi connectivity index (χ4n) is 1.56. The highest BCUT2D eigenvalue weighted by molar-refractivity contribution is 5.60. The predicted octanol–water partition coefficient (Wildman–Crippen LogP) is 2.56. The van der Waals surface area contributed by atoms with Crippen LogP contribution in [0.15, 0.2) is 30.6 Å². The monoisotopic (exact) mass is 242 g/mol. The third kappa shape index (κ3) is 2.28. The van der Waals surface area contributed by atoms with E-state index in [9.17, 15) is 4.39 Å². The van der Waals surface area contributed by atoms with Gasteiger partial charge in [-0.25, -0.2) is 14.4 Å². The van der Waals surface area contributed by atoms with E-state index in [1.165, 1.54) is 12.4 Å². The van der Waals surface area contributed by atoms with Crippen LogP contribution in [0, 0.1) is 24.1 Å². The summed E-state index contributed by atoms with van der Waals surface area (Å²) in [4.78, 5) is 9.67. The van der Waals surface area contributed by atoms with Crippen molar-refractivity contribution in [3.63, 3.8) is 0 Å². The van der Waals surface area contributed by atoms with Crippen LogP contribution in [-0.4, -0.2) is 17.0 Å². The van der Waals surface area contributed by atoms with Gasteiger partial charge >= 0.3 is 0 Å². The molecule has 0 aliphatic carbocycles. The normalized spacial score (nSPS) is 9.89. The molecule has 0 unspecified atom stereocenters. The van der Waals surface area contributed by atoms with Crippen LogP contribution in [0.5, 0.6) is 0 Å². The molecule has 0 saturated carbocycles. The maximum atomic E-state index is 13.2. The number of halogens is 1. The van der Waals surface area contributed by atoms with E-state index in [1.54, 1.807) is 37.1 Å². The van der Waals surface area contributed by atoms with Gasteiger partial charge in [0, 0.05) is 18.8 Å². The standard InChI is InChI=1S/C13H11FN4/c1-9-5-11(3-4-12(9)14)18(2)13-6-10(7-15)16-8-17-13/h3-6,8H,1-2H3. The van der Waals surface area contributed by atoms with E-state index in [2.05, 4.69) is 9.97 Å². The van der Waals surface area contributed by atoms with E-state index in [4.69, 9.17) is 5.26 Å². The van der Waals surface area contributed by atoms with Crippen LogP contribution >= 0.6 is 0 Å². The quantitative estimate of drug-likeness (QED) is 0.812. The Morgan fingerprint density at radius 2 is 2.06 bits per heavy atom. The maximum absolute atomic E-state index is 13.2. The first-order valence-corrected chi connectivity index (χ1v) is 5.34. The Bertz CT molecular complexity index is 619. The van der Waals surface area contributed by atoms with E-state index in [0.717, 1.165) is 5.69 Å². The molecule has 4 nitrogen and oxygen atoms in total. The zero-order valence-corrected chi connectivity index (χ0v) is 10.1. The summed E-state index contributed by atoms with van der Waals surface area (Å²) in [6, 6.07) is 8.34. The van der Waals surface area contributed by atoms with Gasteiger partial charge in [-0.15, -0.1) is 0 Å². The average molecular weight is 242 g/mol. The van der Waals surface area contributed by atoms with Gasteiger partial charge in [-0.2, -0.15) is 5.26 Å². The third-order valence-corrected chi connectivity index (χ3v) is 2.64. The first kappa shape index (κ1) is 12.0. The molecular weight excluding hydrogens is 231 g/mol. The molecule has 1 heterocycles. The average Bonchev–Trinajstić information content (AvgIpc) is 2.41. The largest absolute Gasteiger partial charge is 0.329 e. The van der Waals surface area contributed by atoms with Crippen molar-refractivity contribution in [3.8, 4) is 6.07 Å². The molecule has 90 valence electrons. The molecule has 0 amide bonds. The van der Waals surface area contributed by atoms with Crippen molar-refractivity contribution >= 4 is 11.5 Å². The molecule has 0 spiro atoms. The highest BCUT2D eigenvalue weighted by Crippen LogP contribution is 2.23. The second-order valence-electron chi connectivity index (χ2n) is 3.87. The Labute approximate surface area is 104 Å². The minimum Gasteiger partial charge on any atom is -0.329 e. The van der Waals surface area contributed by atoms with Crippen LogP contribution in [0.2, 0.25) is 0 Å². The van der Waals surface area contributed by atoms with E-state index in [-0.39, 0.29) is 5.82 Å². The molecule has 0 radical (unpaired) electrons. The van der Waals surface area contributed by atoms with Crippen molar-refractivity contribution in [2.24, 2.45) is 0 Å². The van der Waals surface area contributed by atoms with Gasteiger partial charge in [-0.1, -0.05) is 0 Å². The SMILES string of the molecule is Cc1cc(N(C)c2cc(C#N)ncn2)ccc1F. The highest BCUT2D eigenvalue weighted by Gasteiger charge is 2.08. The Morgan fingerprint density at radius 1 is 1.28 bits per heavy atom. The summed E-state index contributed by atoms with van der Waals surface area (Å²) < 4.78 is 13.2. The molecule has 5 heteroatoms. The lowest BCUT2D eigenvalue weighted by Crippen LogP contribution is -2.12. The molecule has 0 fully saturated rings. The van der Waals surface area contributed by atoms with Crippen LogP contribution < -0.4 is 4.90 Å². The van der Waals surface area contributed by atoms with Gasteiger partial charge in [0.1, 0.15) is 29.7 Å². The Kier molecular flexibility index (Phi) is 3.20. The zero-order chi connectivity index (χ0) is 13.1. The van der Waals surface area contributed by atoms with Crippen molar-refractivity contribution < 1.29 is 4.39 Å². The minimum absolute atomic E-state index is 0.243. The van der Waals surface area contributed by atoms with E-state index < -0.39 is 0 Å². The molecule has 0 aliphatic heterocycles. The number of aryl methyl sites for hydroxylation is 1. The number of benzene rings is 1.